The SMILES string of the molecule is NNC(CCC(F)(F)F)c1ccoc1. The number of rotatable bonds is 4. The van der Waals surface area contributed by atoms with Gasteiger partial charge in [-0.25, -0.2) is 0 Å². The number of nitrogens with two attached hydrogens (primary N) is 1. The molecule has 0 bridgehead atoms. The minimum absolute atomic E-state index is 0.0977. The third kappa shape index (κ3) is 3.39. The summed E-state index contributed by atoms with van der Waals surface area (Å²) in [6.45, 7) is 0. The summed E-state index contributed by atoms with van der Waals surface area (Å²) in [5.41, 5.74) is 2.94. The van der Waals surface area contributed by atoms with E-state index in [0.29, 0.717) is 5.56 Å². The van der Waals surface area contributed by atoms with Crippen LogP contribution in [0.1, 0.15) is 24.4 Å². The van der Waals surface area contributed by atoms with Gasteiger partial charge in [0.2, 0.25) is 0 Å². The zero-order chi connectivity index (χ0) is 10.6. The molecule has 1 unspecified atom stereocenters. The van der Waals surface area contributed by atoms with Crippen molar-refractivity contribution in [3.05, 3.63) is 24.2 Å². The van der Waals surface area contributed by atoms with E-state index in [9.17, 15) is 13.2 Å². The van der Waals surface area contributed by atoms with E-state index in [1.54, 1.807) is 6.07 Å². The van der Waals surface area contributed by atoms with Crippen LogP contribution in [0.15, 0.2) is 23.0 Å². The van der Waals surface area contributed by atoms with Crippen molar-refractivity contribution in [2.75, 3.05) is 0 Å². The standard InChI is InChI=1S/C8H11F3N2O/c9-8(10,11)3-1-7(13-12)6-2-4-14-5-6/h2,4-5,7,13H,1,3,12H2. The first kappa shape index (κ1) is 11.1. The topological polar surface area (TPSA) is 51.2 Å². The molecule has 0 aliphatic carbocycles. The molecule has 0 aliphatic rings. The van der Waals surface area contributed by atoms with Crippen LogP contribution in [0, 0.1) is 0 Å². The highest BCUT2D eigenvalue weighted by Crippen LogP contribution is 2.27. The molecule has 1 aromatic rings. The van der Waals surface area contributed by atoms with Crippen molar-refractivity contribution in [2.24, 2.45) is 5.84 Å². The Morgan fingerprint density at radius 2 is 2.21 bits per heavy atom. The van der Waals surface area contributed by atoms with Crippen LogP contribution in [-0.4, -0.2) is 6.18 Å². The van der Waals surface area contributed by atoms with Gasteiger partial charge in [-0.05, 0) is 12.5 Å². The van der Waals surface area contributed by atoms with E-state index in [2.05, 4.69) is 5.43 Å². The molecule has 0 aromatic carbocycles. The van der Waals surface area contributed by atoms with Crippen LogP contribution in [0.3, 0.4) is 0 Å². The normalized spacial score (nSPS) is 14.3. The molecule has 14 heavy (non-hydrogen) atoms. The van der Waals surface area contributed by atoms with Crippen molar-refractivity contribution in [1.82, 2.24) is 5.43 Å². The maximum absolute atomic E-state index is 11.9. The fourth-order valence-electron chi connectivity index (χ4n) is 1.13. The van der Waals surface area contributed by atoms with Crippen LogP contribution in [0.5, 0.6) is 0 Å². The van der Waals surface area contributed by atoms with Gasteiger partial charge in [-0.1, -0.05) is 0 Å². The van der Waals surface area contributed by atoms with Gasteiger partial charge in [0.25, 0.3) is 0 Å². The lowest BCUT2D eigenvalue weighted by Gasteiger charge is -2.14. The fraction of sp³-hybridized carbons (Fsp3) is 0.500. The molecule has 3 nitrogen and oxygen atoms in total. The van der Waals surface area contributed by atoms with Crippen molar-refractivity contribution >= 4 is 0 Å². The summed E-state index contributed by atoms with van der Waals surface area (Å²) in [5, 5.41) is 0. The van der Waals surface area contributed by atoms with Gasteiger partial charge in [-0.3, -0.25) is 11.3 Å². The molecule has 1 rings (SSSR count). The molecular weight excluding hydrogens is 197 g/mol. The van der Waals surface area contributed by atoms with Gasteiger partial charge in [-0.2, -0.15) is 13.2 Å². The second-order valence-corrected chi connectivity index (χ2v) is 2.93. The molecule has 0 amide bonds. The smallest absolute Gasteiger partial charge is 0.389 e. The van der Waals surface area contributed by atoms with Gasteiger partial charge in [0, 0.05) is 18.0 Å². The molecule has 1 heterocycles. The van der Waals surface area contributed by atoms with Gasteiger partial charge in [0.1, 0.15) is 0 Å². The van der Waals surface area contributed by atoms with Crippen LogP contribution in [0.4, 0.5) is 13.2 Å². The van der Waals surface area contributed by atoms with E-state index in [4.69, 9.17) is 10.3 Å². The Kier molecular flexibility index (Phi) is 3.54. The highest BCUT2D eigenvalue weighted by Gasteiger charge is 2.28. The van der Waals surface area contributed by atoms with E-state index in [1.165, 1.54) is 12.5 Å². The Labute approximate surface area is 79.0 Å². The number of halogens is 3. The molecule has 0 saturated heterocycles. The molecule has 0 aliphatic heterocycles. The van der Waals surface area contributed by atoms with Crippen molar-refractivity contribution in [3.8, 4) is 0 Å². The summed E-state index contributed by atoms with van der Waals surface area (Å²) in [7, 11) is 0. The van der Waals surface area contributed by atoms with Crippen LogP contribution in [0.2, 0.25) is 0 Å². The van der Waals surface area contributed by atoms with Crippen molar-refractivity contribution in [3.63, 3.8) is 0 Å². The Balaban J connectivity index is 2.49. The summed E-state index contributed by atoms with van der Waals surface area (Å²) < 4.78 is 40.5. The van der Waals surface area contributed by atoms with E-state index in [1.807, 2.05) is 0 Å². The van der Waals surface area contributed by atoms with Crippen molar-refractivity contribution < 1.29 is 17.6 Å². The average molecular weight is 208 g/mol. The molecule has 1 aromatic heterocycles. The third-order valence-corrected chi connectivity index (χ3v) is 1.86. The number of hydrazine groups is 1. The monoisotopic (exact) mass is 208 g/mol. The van der Waals surface area contributed by atoms with Crippen LogP contribution in [0.25, 0.3) is 0 Å². The largest absolute Gasteiger partial charge is 0.472 e. The number of alkyl halides is 3. The molecule has 80 valence electrons. The fourth-order valence-corrected chi connectivity index (χ4v) is 1.13. The lowest BCUT2D eigenvalue weighted by molar-refractivity contribution is -0.136. The zero-order valence-electron chi connectivity index (χ0n) is 7.34. The lowest BCUT2D eigenvalue weighted by Crippen LogP contribution is -2.28. The van der Waals surface area contributed by atoms with E-state index < -0.39 is 18.6 Å². The maximum atomic E-state index is 11.9. The highest BCUT2D eigenvalue weighted by atomic mass is 19.4. The first-order chi connectivity index (χ1) is 6.53. The number of hydrogen-bond acceptors (Lipinski definition) is 3. The summed E-state index contributed by atoms with van der Waals surface area (Å²) in [6.07, 6.45) is -2.35. The van der Waals surface area contributed by atoms with Crippen LogP contribution in [-0.2, 0) is 0 Å². The Hall–Kier alpha value is -1.01. The zero-order valence-corrected chi connectivity index (χ0v) is 7.34. The third-order valence-electron chi connectivity index (χ3n) is 1.86. The molecule has 0 spiro atoms. The Morgan fingerprint density at radius 3 is 2.64 bits per heavy atom. The summed E-state index contributed by atoms with van der Waals surface area (Å²) >= 11 is 0. The molecule has 1 atom stereocenters. The number of furan rings is 1. The minimum Gasteiger partial charge on any atom is -0.472 e. The molecule has 0 saturated carbocycles. The average Bonchev–Trinajstić information content (AvgIpc) is 2.56. The molecule has 0 radical (unpaired) electrons. The summed E-state index contributed by atoms with van der Waals surface area (Å²) in [5.74, 6) is 5.13. The maximum Gasteiger partial charge on any atom is 0.389 e. The number of hydrogen-bond donors (Lipinski definition) is 2. The Morgan fingerprint density at radius 1 is 1.50 bits per heavy atom. The predicted octanol–water partition coefficient (Wildman–Crippen LogP) is 2.13. The minimum atomic E-state index is -4.15. The van der Waals surface area contributed by atoms with E-state index in [-0.39, 0.29) is 6.42 Å². The van der Waals surface area contributed by atoms with Gasteiger partial charge >= 0.3 is 6.18 Å². The Bertz CT molecular complexity index is 258. The highest BCUT2D eigenvalue weighted by molar-refractivity contribution is 5.10. The van der Waals surface area contributed by atoms with Gasteiger partial charge in [0.15, 0.2) is 0 Å². The van der Waals surface area contributed by atoms with Crippen molar-refractivity contribution in [1.29, 1.82) is 0 Å². The second kappa shape index (κ2) is 4.47. The predicted molar refractivity (Wildman–Crippen MR) is 44.1 cm³/mol. The van der Waals surface area contributed by atoms with E-state index in [0.717, 1.165) is 0 Å². The molecule has 3 N–H and O–H groups in total. The molecular formula is C8H11F3N2O. The van der Waals surface area contributed by atoms with E-state index >= 15 is 0 Å². The second-order valence-electron chi connectivity index (χ2n) is 2.93. The van der Waals surface area contributed by atoms with Gasteiger partial charge in [0.05, 0.1) is 12.5 Å². The lowest BCUT2D eigenvalue weighted by atomic mass is 10.1. The quantitative estimate of drug-likeness (QED) is 0.588. The summed E-state index contributed by atoms with van der Waals surface area (Å²) in [6, 6.07) is 1.07. The first-order valence-electron chi connectivity index (χ1n) is 4.08. The summed E-state index contributed by atoms with van der Waals surface area (Å²) in [4.78, 5) is 0. The van der Waals surface area contributed by atoms with Gasteiger partial charge in [-0.15, -0.1) is 0 Å². The molecule has 6 heteroatoms. The van der Waals surface area contributed by atoms with Crippen LogP contribution < -0.4 is 11.3 Å². The van der Waals surface area contributed by atoms with Crippen LogP contribution >= 0.6 is 0 Å². The molecule has 0 fully saturated rings. The first-order valence-corrected chi connectivity index (χ1v) is 4.08. The number of nitrogens with one attached hydrogen (secondary N) is 1. The van der Waals surface area contributed by atoms with Gasteiger partial charge < -0.3 is 4.42 Å². The van der Waals surface area contributed by atoms with Crippen molar-refractivity contribution in [2.45, 2.75) is 25.1 Å².